The van der Waals surface area contributed by atoms with Crippen LogP contribution < -0.4 is 5.73 Å². The molecule has 1 aromatic heterocycles. The number of nitrogens with two attached hydrogens (primary N) is 1. The summed E-state index contributed by atoms with van der Waals surface area (Å²) in [6.45, 7) is 1.51. The van der Waals surface area contributed by atoms with Crippen molar-refractivity contribution in [2.45, 2.75) is 19.1 Å². The van der Waals surface area contributed by atoms with Crippen molar-refractivity contribution >= 4 is 11.3 Å². The van der Waals surface area contributed by atoms with Crippen molar-refractivity contribution in [1.29, 1.82) is 0 Å². The Labute approximate surface area is 71.2 Å². The van der Waals surface area contributed by atoms with Gasteiger partial charge >= 0.3 is 6.18 Å². The number of alkyl halides is 3. The summed E-state index contributed by atoms with van der Waals surface area (Å²) in [5, 5.41) is 0. The normalized spacial score (nSPS) is 14.8. The van der Waals surface area contributed by atoms with Crippen molar-refractivity contribution in [1.82, 2.24) is 4.98 Å². The van der Waals surface area contributed by atoms with E-state index >= 15 is 0 Å². The lowest BCUT2D eigenvalue weighted by Crippen LogP contribution is -2.28. The molecule has 0 amide bonds. The van der Waals surface area contributed by atoms with Gasteiger partial charge in [-0.2, -0.15) is 13.2 Å². The topological polar surface area (TPSA) is 38.9 Å². The average molecular weight is 196 g/mol. The summed E-state index contributed by atoms with van der Waals surface area (Å²) in [5.41, 5.74) is 6.67. The van der Waals surface area contributed by atoms with Gasteiger partial charge in [0, 0.05) is 0 Å². The van der Waals surface area contributed by atoms with Crippen LogP contribution in [0.4, 0.5) is 13.2 Å². The zero-order valence-electron chi connectivity index (χ0n) is 6.22. The molecule has 0 aliphatic rings. The fourth-order valence-electron chi connectivity index (χ4n) is 0.758. The van der Waals surface area contributed by atoms with E-state index in [2.05, 4.69) is 4.98 Å². The maximum Gasteiger partial charge on any atom is 0.408 e. The standard InChI is InChI=1S/C6H7F3N2S/c1-3-4(12-2-11-3)5(10)6(7,8)9/h2,5H,10H2,1H3. The number of rotatable bonds is 1. The number of thiazole rings is 1. The molecular weight excluding hydrogens is 189 g/mol. The number of aryl methyl sites for hydroxylation is 1. The Hall–Kier alpha value is -0.620. The second kappa shape index (κ2) is 3.02. The monoisotopic (exact) mass is 196 g/mol. The van der Waals surface area contributed by atoms with Gasteiger partial charge in [0.05, 0.1) is 16.1 Å². The first kappa shape index (κ1) is 9.47. The van der Waals surface area contributed by atoms with E-state index in [4.69, 9.17) is 5.73 Å². The van der Waals surface area contributed by atoms with Gasteiger partial charge < -0.3 is 5.73 Å². The highest BCUT2D eigenvalue weighted by Crippen LogP contribution is 2.33. The maximum atomic E-state index is 12.0. The van der Waals surface area contributed by atoms with Gasteiger partial charge in [-0.1, -0.05) is 0 Å². The number of nitrogens with zero attached hydrogens (tertiary/aromatic N) is 1. The van der Waals surface area contributed by atoms with Crippen LogP contribution in [0.3, 0.4) is 0 Å². The predicted molar refractivity (Wildman–Crippen MR) is 39.8 cm³/mol. The Morgan fingerprint density at radius 3 is 2.50 bits per heavy atom. The lowest BCUT2D eigenvalue weighted by Gasteiger charge is -2.13. The van der Waals surface area contributed by atoms with Crippen LogP contribution in [0.1, 0.15) is 16.6 Å². The molecule has 2 nitrogen and oxygen atoms in total. The van der Waals surface area contributed by atoms with Crippen LogP contribution in [0, 0.1) is 6.92 Å². The van der Waals surface area contributed by atoms with E-state index in [0.29, 0.717) is 5.69 Å². The van der Waals surface area contributed by atoms with Crippen LogP contribution in [0.25, 0.3) is 0 Å². The van der Waals surface area contributed by atoms with E-state index in [1.165, 1.54) is 12.4 Å². The Morgan fingerprint density at radius 1 is 1.58 bits per heavy atom. The maximum absolute atomic E-state index is 12.0. The van der Waals surface area contributed by atoms with Gasteiger partial charge in [0.15, 0.2) is 0 Å². The summed E-state index contributed by atoms with van der Waals surface area (Å²) in [4.78, 5) is 3.78. The molecule has 0 fully saturated rings. The number of hydrogen-bond donors (Lipinski definition) is 1. The van der Waals surface area contributed by atoms with Crippen LogP contribution in [0.5, 0.6) is 0 Å². The van der Waals surface area contributed by atoms with Gasteiger partial charge in [-0.05, 0) is 6.92 Å². The second-order valence-corrected chi connectivity index (χ2v) is 3.21. The Morgan fingerprint density at radius 2 is 2.17 bits per heavy atom. The Kier molecular flexibility index (Phi) is 2.39. The molecule has 1 unspecified atom stereocenters. The molecule has 0 radical (unpaired) electrons. The van der Waals surface area contributed by atoms with E-state index in [9.17, 15) is 13.2 Å². The zero-order chi connectivity index (χ0) is 9.35. The van der Waals surface area contributed by atoms with E-state index in [0.717, 1.165) is 11.3 Å². The minimum Gasteiger partial charge on any atom is -0.316 e. The lowest BCUT2D eigenvalue weighted by molar-refractivity contribution is -0.148. The quantitative estimate of drug-likeness (QED) is 0.746. The van der Waals surface area contributed by atoms with Crippen molar-refractivity contribution in [3.8, 4) is 0 Å². The van der Waals surface area contributed by atoms with Crippen molar-refractivity contribution < 1.29 is 13.2 Å². The first-order valence-electron chi connectivity index (χ1n) is 3.15. The Balaban J connectivity index is 2.92. The van der Waals surface area contributed by atoms with E-state index in [-0.39, 0.29) is 4.88 Å². The average Bonchev–Trinajstić information content (AvgIpc) is 2.31. The van der Waals surface area contributed by atoms with Gasteiger partial charge in [0.25, 0.3) is 0 Å². The second-order valence-electron chi connectivity index (χ2n) is 2.32. The molecule has 1 aromatic rings. The number of hydrogen-bond acceptors (Lipinski definition) is 3. The van der Waals surface area contributed by atoms with Crippen molar-refractivity contribution in [2.24, 2.45) is 5.73 Å². The summed E-state index contributed by atoms with van der Waals surface area (Å²) >= 11 is 0.928. The summed E-state index contributed by atoms with van der Waals surface area (Å²) in [7, 11) is 0. The van der Waals surface area contributed by atoms with Gasteiger partial charge in [0.2, 0.25) is 0 Å². The van der Waals surface area contributed by atoms with Crippen molar-refractivity contribution in [3.63, 3.8) is 0 Å². The molecule has 0 bridgehead atoms. The summed E-state index contributed by atoms with van der Waals surface area (Å²) in [5.74, 6) is 0. The molecule has 0 aliphatic heterocycles. The first-order chi connectivity index (χ1) is 5.43. The highest BCUT2D eigenvalue weighted by Gasteiger charge is 2.39. The molecule has 0 aliphatic carbocycles. The summed E-state index contributed by atoms with van der Waals surface area (Å²) in [6, 6.07) is -1.90. The molecular formula is C6H7F3N2S. The zero-order valence-corrected chi connectivity index (χ0v) is 7.04. The van der Waals surface area contributed by atoms with Crippen LogP contribution in [-0.4, -0.2) is 11.2 Å². The molecule has 0 saturated carbocycles. The van der Waals surface area contributed by atoms with E-state index in [1.807, 2.05) is 0 Å². The van der Waals surface area contributed by atoms with Gasteiger partial charge in [0.1, 0.15) is 6.04 Å². The fraction of sp³-hybridized carbons (Fsp3) is 0.500. The number of aromatic nitrogens is 1. The molecule has 6 heteroatoms. The fourth-order valence-corrected chi connectivity index (χ4v) is 1.59. The highest BCUT2D eigenvalue weighted by atomic mass is 32.1. The molecule has 0 saturated heterocycles. The van der Waals surface area contributed by atoms with Crippen LogP contribution in [0.15, 0.2) is 5.51 Å². The van der Waals surface area contributed by atoms with Crippen molar-refractivity contribution in [3.05, 3.63) is 16.1 Å². The highest BCUT2D eigenvalue weighted by molar-refractivity contribution is 7.09. The molecule has 1 heterocycles. The molecule has 68 valence electrons. The molecule has 0 spiro atoms. The minimum absolute atomic E-state index is 0.0856. The Bertz CT molecular complexity index is 268. The molecule has 0 aromatic carbocycles. The third-order valence-corrected chi connectivity index (χ3v) is 2.43. The van der Waals surface area contributed by atoms with Crippen LogP contribution in [-0.2, 0) is 0 Å². The van der Waals surface area contributed by atoms with Gasteiger partial charge in [-0.25, -0.2) is 4.98 Å². The third-order valence-electron chi connectivity index (χ3n) is 1.42. The van der Waals surface area contributed by atoms with Gasteiger partial charge in [-0.15, -0.1) is 11.3 Å². The summed E-state index contributed by atoms with van der Waals surface area (Å²) in [6.07, 6.45) is -4.38. The molecule has 2 N–H and O–H groups in total. The smallest absolute Gasteiger partial charge is 0.316 e. The van der Waals surface area contributed by atoms with E-state index in [1.54, 1.807) is 0 Å². The third kappa shape index (κ3) is 1.75. The number of halogens is 3. The van der Waals surface area contributed by atoms with E-state index < -0.39 is 12.2 Å². The van der Waals surface area contributed by atoms with Crippen molar-refractivity contribution in [2.75, 3.05) is 0 Å². The minimum atomic E-state index is -4.38. The SMILES string of the molecule is Cc1ncsc1C(N)C(F)(F)F. The lowest BCUT2D eigenvalue weighted by atomic mass is 10.2. The molecule has 12 heavy (non-hydrogen) atoms. The first-order valence-corrected chi connectivity index (χ1v) is 4.03. The molecule has 1 atom stereocenters. The molecule has 1 rings (SSSR count). The predicted octanol–water partition coefficient (Wildman–Crippen LogP) is 2.01. The largest absolute Gasteiger partial charge is 0.408 e. The summed E-state index contributed by atoms with van der Waals surface area (Å²) < 4.78 is 36.1. The van der Waals surface area contributed by atoms with Gasteiger partial charge in [-0.3, -0.25) is 0 Å². The van der Waals surface area contributed by atoms with Crippen LogP contribution in [0.2, 0.25) is 0 Å². The van der Waals surface area contributed by atoms with Crippen LogP contribution >= 0.6 is 11.3 Å².